The fraction of sp³-hybridized carbons (Fsp3) is 0.0952. The van der Waals surface area contributed by atoms with Crippen LogP contribution in [0.25, 0.3) is 59.6 Å². The molecule has 1 aromatic heterocycles. The van der Waals surface area contributed by atoms with Crippen LogP contribution in [-0.4, -0.2) is 0 Å². The van der Waals surface area contributed by atoms with E-state index in [1.165, 1.54) is 75.8 Å². The summed E-state index contributed by atoms with van der Waals surface area (Å²) in [6, 6.07) is 49.3. The quantitative estimate of drug-likeness (QED) is 0.194. The van der Waals surface area contributed by atoms with E-state index in [4.69, 9.17) is 0 Å². The monoisotopic (exact) mass is 568 g/mol. The second-order valence-corrected chi connectivity index (χ2v) is 13.3. The number of allylic oxidation sites excluding steroid dienone is 1. The lowest BCUT2D eigenvalue weighted by atomic mass is 9.81. The summed E-state index contributed by atoms with van der Waals surface area (Å²) in [5, 5.41) is 3.93. The molecule has 0 bridgehead atoms. The fourth-order valence-corrected chi connectivity index (χ4v) is 7.89. The van der Waals surface area contributed by atoms with Gasteiger partial charge >= 0.3 is 0 Å². The van der Waals surface area contributed by atoms with E-state index < -0.39 is 0 Å². The maximum Gasteiger partial charge on any atom is 0.0355 e. The van der Waals surface area contributed by atoms with E-state index in [1.54, 1.807) is 0 Å². The highest BCUT2D eigenvalue weighted by Crippen LogP contribution is 2.53. The molecule has 0 fully saturated rings. The van der Waals surface area contributed by atoms with Crippen LogP contribution in [0.1, 0.15) is 36.1 Å². The Morgan fingerprint density at radius 2 is 1.33 bits per heavy atom. The highest BCUT2D eigenvalue weighted by Gasteiger charge is 2.37. The van der Waals surface area contributed by atoms with Gasteiger partial charge in [-0.05, 0) is 103 Å². The van der Waals surface area contributed by atoms with Crippen LogP contribution in [0.2, 0.25) is 0 Å². The van der Waals surface area contributed by atoms with Gasteiger partial charge in [-0.2, -0.15) is 0 Å². The molecule has 0 saturated heterocycles. The molecule has 1 aliphatic carbocycles. The lowest BCUT2D eigenvalue weighted by Crippen LogP contribution is -2.14. The minimum atomic E-state index is -0.0351. The zero-order valence-electron chi connectivity index (χ0n) is 24.5. The van der Waals surface area contributed by atoms with Crippen molar-refractivity contribution in [3.8, 4) is 32.7 Å². The van der Waals surface area contributed by atoms with Gasteiger partial charge in [0.05, 0.1) is 0 Å². The molecule has 0 radical (unpaired) electrons. The van der Waals surface area contributed by atoms with Crippen LogP contribution in [0.3, 0.4) is 0 Å². The molecule has 43 heavy (non-hydrogen) atoms. The Hall–Kier alpha value is -4.72. The van der Waals surface area contributed by atoms with Crippen molar-refractivity contribution in [1.29, 1.82) is 0 Å². The summed E-state index contributed by atoms with van der Waals surface area (Å²) in [5.41, 5.74) is 12.0. The maximum atomic E-state index is 2.41. The summed E-state index contributed by atoms with van der Waals surface area (Å²) in [6.45, 7) is 4.73. The number of benzene rings is 6. The third-order valence-corrected chi connectivity index (χ3v) is 10.2. The number of thiophene rings is 1. The van der Waals surface area contributed by atoms with Gasteiger partial charge in [0.2, 0.25) is 0 Å². The van der Waals surface area contributed by atoms with Gasteiger partial charge in [-0.15, -0.1) is 11.3 Å². The molecule has 6 aromatic carbocycles. The summed E-state index contributed by atoms with van der Waals surface area (Å²) in [6.07, 6.45) is 5.46. The van der Waals surface area contributed by atoms with Crippen molar-refractivity contribution in [2.75, 3.05) is 0 Å². The standard InChI is InChI=1S/C42H32S/c1-42(2)37-21-10-20-35(41(37)36-25-30-15-3-4-16-31(30)26-38(36)42)32-18-8-13-28(23-32)11-7-12-29-14-9-19-33(24-29)40-27-34-17-5-6-22-39(34)43-40/h3-11,13-27H,12H2,1-2H3/b11-7+. The van der Waals surface area contributed by atoms with Crippen LogP contribution < -0.4 is 0 Å². The van der Waals surface area contributed by atoms with Crippen molar-refractivity contribution < 1.29 is 0 Å². The highest BCUT2D eigenvalue weighted by molar-refractivity contribution is 7.22. The molecule has 0 N–H and O–H groups in total. The zero-order valence-corrected chi connectivity index (χ0v) is 25.3. The number of hydrogen-bond acceptors (Lipinski definition) is 1. The van der Waals surface area contributed by atoms with Gasteiger partial charge in [0.25, 0.3) is 0 Å². The van der Waals surface area contributed by atoms with E-state index in [-0.39, 0.29) is 5.41 Å². The largest absolute Gasteiger partial charge is 0.135 e. The van der Waals surface area contributed by atoms with Crippen LogP contribution in [0.4, 0.5) is 0 Å². The van der Waals surface area contributed by atoms with Gasteiger partial charge in [0.15, 0.2) is 0 Å². The van der Waals surface area contributed by atoms with E-state index >= 15 is 0 Å². The molecule has 7 aromatic rings. The molecule has 0 saturated carbocycles. The molecular formula is C42H32S. The van der Waals surface area contributed by atoms with Crippen molar-refractivity contribution in [2.45, 2.75) is 25.7 Å². The van der Waals surface area contributed by atoms with Crippen molar-refractivity contribution in [2.24, 2.45) is 0 Å². The van der Waals surface area contributed by atoms with Crippen LogP contribution >= 0.6 is 11.3 Å². The SMILES string of the molecule is CC1(C)c2cc3ccccc3cc2-c2c(-c3cccc(/C=C/Cc4cccc(-c5cc6ccccc6s5)c4)c3)cccc21. The molecule has 0 atom stereocenters. The first kappa shape index (κ1) is 25.9. The Balaban J connectivity index is 1.10. The summed E-state index contributed by atoms with van der Waals surface area (Å²) >= 11 is 1.87. The van der Waals surface area contributed by atoms with E-state index in [2.05, 4.69) is 159 Å². The molecule has 0 spiro atoms. The Labute approximate surface area is 257 Å². The molecule has 8 rings (SSSR count). The van der Waals surface area contributed by atoms with Gasteiger partial charge in [0.1, 0.15) is 0 Å². The third-order valence-electron chi connectivity index (χ3n) is 9.06. The highest BCUT2D eigenvalue weighted by atomic mass is 32.1. The zero-order chi connectivity index (χ0) is 29.0. The lowest BCUT2D eigenvalue weighted by Gasteiger charge is -2.22. The van der Waals surface area contributed by atoms with E-state index in [9.17, 15) is 0 Å². The first-order chi connectivity index (χ1) is 21.0. The number of rotatable bonds is 5. The molecule has 206 valence electrons. The molecule has 0 unspecified atom stereocenters. The Kier molecular flexibility index (Phi) is 6.17. The van der Waals surface area contributed by atoms with E-state index in [0.29, 0.717) is 0 Å². The fourth-order valence-electron chi connectivity index (χ4n) is 6.83. The van der Waals surface area contributed by atoms with E-state index in [1.807, 2.05) is 11.3 Å². The molecule has 1 heteroatoms. The average Bonchev–Trinajstić information content (AvgIpc) is 3.57. The summed E-state index contributed by atoms with van der Waals surface area (Å²) in [7, 11) is 0. The first-order valence-electron chi connectivity index (χ1n) is 15.1. The smallest absolute Gasteiger partial charge is 0.0355 e. The predicted molar refractivity (Wildman–Crippen MR) is 187 cm³/mol. The van der Waals surface area contributed by atoms with Crippen molar-refractivity contribution in [3.05, 3.63) is 162 Å². The van der Waals surface area contributed by atoms with Gasteiger partial charge < -0.3 is 0 Å². The summed E-state index contributed by atoms with van der Waals surface area (Å²) in [4.78, 5) is 1.33. The lowest BCUT2D eigenvalue weighted by molar-refractivity contribution is 0.661. The van der Waals surface area contributed by atoms with Crippen molar-refractivity contribution in [1.82, 2.24) is 0 Å². The number of hydrogen-bond donors (Lipinski definition) is 0. The van der Waals surface area contributed by atoms with Gasteiger partial charge in [-0.25, -0.2) is 0 Å². The van der Waals surface area contributed by atoms with Gasteiger partial charge in [-0.3, -0.25) is 0 Å². The normalized spacial score (nSPS) is 13.5. The third kappa shape index (κ3) is 4.52. The molecule has 1 aliphatic rings. The Bertz CT molecular complexity index is 2160. The molecule has 0 amide bonds. The van der Waals surface area contributed by atoms with Crippen LogP contribution in [-0.2, 0) is 11.8 Å². The van der Waals surface area contributed by atoms with E-state index in [0.717, 1.165) is 6.42 Å². The van der Waals surface area contributed by atoms with Crippen molar-refractivity contribution in [3.63, 3.8) is 0 Å². The van der Waals surface area contributed by atoms with Crippen LogP contribution in [0, 0.1) is 0 Å². The molecular weight excluding hydrogens is 537 g/mol. The molecule has 1 heterocycles. The topological polar surface area (TPSA) is 0 Å². The van der Waals surface area contributed by atoms with Crippen molar-refractivity contribution >= 4 is 38.3 Å². The Morgan fingerprint density at radius 1 is 0.581 bits per heavy atom. The van der Waals surface area contributed by atoms with Gasteiger partial charge in [-0.1, -0.05) is 129 Å². The molecule has 0 nitrogen and oxygen atoms in total. The summed E-state index contributed by atoms with van der Waals surface area (Å²) < 4.78 is 1.34. The minimum absolute atomic E-state index is 0.0351. The average molecular weight is 569 g/mol. The summed E-state index contributed by atoms with van der Waals surface area (Å²) in [5.74, 6) is 0. The molecule has 0 aliphatic heterocycles. The number of fused-ring (bicyclic) bond motifs is 5. The second-order valence-electron chi connectivity index (χ2n) is 12.2. The van der Waals surface area contributed by atoms with Gasteiger partial charge in [0, 0.05) is 15.0 Å². The van der Waals surface area contributed by atoms with Crippen LogP contribution in [0.15, 0.2) is 140 Å². The maximum absolute atomic E-state index is 2.41. The Morgan fingerprint density at radius 3 is 2.19 bits per heavy atom. The predicted octanol–water partition coefficient (Wildman–Crippen LogP) is 12.0. The van der Waals surface area contributed by atoms with Crippen LogP contribution in [0.5, 0.6) is 0 Å². The first-order valence-corrected chi connectivity index (χ1v) is 15.9. The minimum Gasteiger partial charge on any atom is -0.135 e. The second kappa shape index (κ2) is 10.2.